The van der Waals surface area contributed by atoms with Gasteiger partial charge in [0, 0.05) is 22.1 Å². The number of benzene rings is 1. The molecule has 1 amide bonds. The Hall–Kier alpha value is -1.34. The van der Waals surface area contributed by atoms with Gasteiger partial charge < -0.3 is 5.32 Å². The summed E-state index contributed by atoms with van der Waals surface area (Å²) >= 11 is 5.04. The van der Waals surface area contributed by atoms with E-state index in [2.05, 4.69) is 55.1 Å². The molecule has 5 nitrogen and oxygen atoms in total. The highest BCUT2D eigenvalue weighted by Gasteiger charge is 2.26. The summed E-state index contributed by atoms with van der Waals surface area (Å²) in [7, 11) is 0. The lowest BCUT2D eigenvalue weighted by Gasteiger charge is -2.29. The molecule has 1 heterocycles. The van der Waals surface area contributed by atoms with Crippen LogP contribution >= 0.6 is 27.7 Å². The van der Waals surface area contributed by atoms with Gasteiger partial charge in [-0.05, 0) is 43.7 Å². The van der Waals surface area contributed by atoms with Crippen LogP contribution in [0, 0.1) is 5.92 Å². The second kappa shape index (κ2) is 10.3. The van der Waals surface area contributed by atoms with Crippen LogP contribution in [-0.4, -0.2) is 32.5 Å². The van der Waals surface area contributed by atoms with E-state index >= 15 is 0 Å². The van der Waals surface area contributed by atoms with E-state index in [1.165, 1.54) is 50.3 Å². The van der Waals surface area contributed by atoms with E-state index < -0.39 is 0 Å². The summed E-state index contributed by atoms with van der Waals surface area (Å²) in [5.74, 6) is 2.00. The molecular weight excluding hydrogens is 460 g/mol. The molecule has 2 saturated carbocycles. The van der Waals surface area contributed by atoms with Crippen molar-refractivity contribution in [2.45, 2.75) is 82.0 Å². The van der Waals surface area contributed by atoms with E-state index in [-0.39, 0.29) is 5.91 Å². The summed E-state index contributed by atoms with van der Waals surface area (Å²) in [4.78, 5) is 12.6. The lowest BCUT2D eigenvalue weighted by molar-refractivity contribution is -0.119. The zero-order valence-corrected chi connectivity index (χ0v) is 20.1. The third-order valence-corrected chi connectivity index (χ3v) is 7.97. The van der Waals surface area contributed by atoms with Gasteiger partial charge in [0.2, 0.25) is 5.91 Å². The van der Waals surface area contributed by atoms with Gasteiger partial charge in [-0.25, -0.2) is 0 Å². The number of hydrogen-bond acceptors (Lipinski definition) is 4. The van der Waals surface area contributed by atoms with Crippen LogP contribution in [0.25, 0.3) is 11.4 Å². The molecule has 1 N–H and O–H groups in total. The summed E-state index contributed by atoms with van der Waals surface area (Å²) in [5.41, 5.74) is 1.07. The SMILES string of the molecule is C[C@@H]1CCCC[C@H]1NC(=O)CSc1nnc(-c2ccc(Br)cc2)n1C1CCCCC1. The number of carbonyl (C=O) groups excluding carboxylic acids is 1. The highest BCUT2D eigenvalue weighted by atomic mass is 79.9. The number of nitrogens with zero attached hydrogens (tertiary/aromatic N) is 3. The first-order valence-corrected chi connectivity index (χ1v) is 13.0. The molecule has 0 bridgehead atoms. The first-order valence-electron chi connectivity index (χ1n) is 11.2. The number of amides is 1. The second-order valence-corrected chi connectivity index (χ2v) is 10.6. The van der Waals surface area contributed by atoms with Crippen molar-refractivity contribution in [2.75, 3.05) is 5.75 Å². The fraction of sp³-hybridized carbons (Fsp3) is 0.609. The molecule has 30 heavy (non-hydrogen) atoms. The lowest BCUT2D eigenvalue weighted by Crippen LogP contribution is -2.41. The molecule has 1 aromatic carbocycles. The third kappa shape index (κ3) is 5.28. The van der Waals surface area contributed by atoms with Crippen molar-refractivity contribution < 1.29 is 4.79 Å². The quantitative estimate of drug-likeness (QED) is 0.504. The van der Waals surface area contributed by atoms with Crippen molar-refractivity contribution in [2.24, 2.45) is 5.92 Å². The van der Waals surface area contributed by atoms with Crippen molar-refractivity contribution in [3.05, 3.63) is 28.7 Å². The van der Waals surface area contributed by atoms with Gasteiger partial charge in [-0.15, -0.1) is 10.2 Å². The molecule has 4 rings (SSSR count). The topological polar surface area (TPSA) is 59.8 Å². The van der Waals surface area contributed by atoms with Crippen LogP contribution in [0.1, 0.15) is 70.8 Å². The minimum Gasteiger partial charge on any atom is -0.352 e. The van der Waals surface area contributed by atoms with Gasteiger partial charge in [0.15, 0.2) is 11.0 Å². The Morgan fingerprint density at radius 1 is 1.07 bits per heavy atom. The van der Waals surface area contributed by atoms with E-state index in [4.69, 9.17) is 0 Å². The van der Waals surface area contributed by atoms with E-state index in [1.54, 1.807) is 0 Å². The van der Waals surface area contributed by atoms with Crippen LogP contribution in [0.15, 0.2) is 33.9 Å². The summed E-state index contributed by atoms with van der Waals surface area (Å²) in [5, 5.41) is 13.2. The summed E-state index contributed by atoms with van der Waals surface area (Å²) in [6.07, 6.45) is 10.9. The third-order valence-electron chi connectivity index (χ3n) is 6.50. The number of hydrogen-bond donors (Lipinski definition) is 1. The molecule has 2 aliphatic carbocycles. The number of aromatic nitrogens is 3. The zero-order valence-electron chi connectivity index (χ0n) is 17.6. The fourth-order valence-corrected chi connectivity index (χ4v) is 5.83. The second-order valence-electron chi connectivity index (χ2n) is 8.70. The summed E-state index contributed by atoms with van der Waals surface area (Å²) < 4.78 is 3.35. The summed E-state index contributed by atoms with van der Waals surface area (Å²) in [6, 6.07) is 8.98. The van der Waals surface area contributed by atoms with Crippen molar-refractivity contribution in [1.29, 1.82) is 0 Å². The number of carbonyl (C=O) groups is 1. The molecular formula is C23H31BrN4OS. The summed E-state index contributed by atoms with van der Waals surface area (Å²) in [6.45, 7) is 2.25. The Labute approximate surface area is 191 Å². The van der Waals surface area contributed by atoms with Crippen LogP contribution in [0.3, 0.4) is 0 Å². The van der Waals surface area contributed by atoms with Crippen LogP contribution in [0.5, 0.6) is 0 Å². The standard InChI is InChI=1S/C23H31BrN4OS/c1-16-7-5-6-10-20(16)25-21(29)15-30-23-27-26-22(17-11-13-18(24)14-12-17)28(23)19-8-3-2-4-9-19/h11-14,16,19-20H,2-10,15H2,1H3,(H,25,29)/t16-,20-/m1/s1. The van der Waals surface area contributed by atoms with Gasteiger partial charge >= 0.3 is 0 Å². The van der Waals surface area contributed by atoms with Crippen molar-refractivity contribution in [3.63, 3.8) is 0 Å². The number of nitrogens with one attached hydrogen (secondary N) is 1. The molecule has 0 spiro atoms. The normalized spacial score (nSPS) is 22.7. The molecule has 0 saturated heterocycles. The van der Waals surface area contributed by atoms with E-state index in [0.717, 1.165) is 40.3 Å². The predicted octanol–water partition coefficient (Wildman–Crippen LogP) is 6.00. The fourth-order valence-electron chi connectivity index (χ4n) is 4.75. The lowest BCUT2D eigenvalue weighted by atomic mass is 9.86. The van der Waals surface area contributed by atoms with Crippen molar-refractivity contribution in [1.82, 2.24) is 20.1 Å². The minimum atomic E-state index is 0.113. The molecule has 2 atom stereocenters. The number of thioether (sulfide) groups is 1. The Morgan fingerprint density at radius 2 is 1.77 bits per heavy atom. The maximum atomic E-state index is 12.6. The molecule has 0 unspecified atom stereocenters. The van der Waals surface area contributed by atoms with Gasteiger partial charge in [0.25, 0.3) is 0 Å². The zero-order chi connectivity index (χ0) is 20.9. The molecule has 2 aliphatic rings. The van der Waals surface area contributed by atoms with Gasteiger partial charge in [0.1, 0.15) is 0 Å². The van der Waals surface area contributed by atoms with Gasteiger partial charge in [0.05, 0.1) is 5.75 Å². The Balaban J connectivity index is 1.49. The predicted molar refractivity (Wildman–Crippen MR) is 126 cm³/mol. The van der Waals surface area contributed by atoms with Crippen LogP contribution < -0.4 is 5.32 Å². The molecule has 2 fully saturated rings. The van der Waals surface area contributed by atoms with Gasteiger partial charge in [-0.1, -0.05) is 78.9 Å². The van der Waals surface area contributed by atoms with Crippen molar-refractivity contribution >= 4 is 33.6 Å². The average Bonchev–Trinajstić information content (AvgIpc) is 3.19. The molecule has 162 valence electrons. The first kappa shape index (κ1) is 21.9. The molecule has 1 aromatic heterocycles. The van der Waals surface area contributed by atoms with E-state index in [1.807, 2.05) is 12.1 Å². The molecule has 2 aromatic rings. The van der Waals surface area contributed by atoms with E-state index in [9.17, 15) is 4.79 Å². The van der Waals surface area contributed by atoms with Crippen LogP contribution in [0.4, 0.5) is 0 Å². The van der Waals surface area contributed by atoms with Crippen LogP contribution in [0.2, 0.25) is 0 Å². The molecule has 7 heteroatoms. The maximum Gasteiger partial charge on any atom is 0.230 e. The van der Waals surface area contributed by atoms with Gasteiger partial charge in [-0.2, -0.15) is 0 Å². The highest BCUT2D eigenvalue weighted by molar-refractivity contribution is 9.10. The molecule has 0 aliphatic heterocycles. The monoisotopic (exact) mass is 490 g/mol. The average molecular weight is 491 g/mol. The molecule has 0 radical (unpaired) electrons. The maximum absolute atomic E-state index is 12.6. The van der Waals surface area contributed by atoms with E-state index in [0.29, 0.717) is 23.8 Å². The number of rotatable bonds is 6. The van der Waals surface area contributed by atoms with Gasteiger partial charge in [-0.3, -0.25) is 9.36 Å². The van der Waals surface area contributed by atoms with Crippen molar-refractivity contribution in [3.8, 4) is 11.4 Å². The highest BCUT2D eigenvalue weighted by Crippen LogP contribution is 2.36. The largest absolute Gasteiger partial charge is 0.352 e. The Morgan fingerprint density at radius 3 is 2.50 bits per heavy atom. The first-order chi connectivity index (χ1) is 14.6. The van der Waals surface area contributed by atoms with Crippen LogP contribution in [-0.2, 0) is 4.79 Å². The smallest absolute Gasteiger partial charge is 0.230 e. The minimum absolute atomic E-state index is 0.113. The number of halogens is 1. The Bertz CT molecular complexity index is 847. The Kier molecular flexibility index (Phi) is 7.52.